The fourth-order valence-electron chi connectivity index (χ4n) is 2.14. The first-order chi connectivity index (χ1) is 9.69. The summed E-state index contributed by atoms with van der Waals surface area (Å²) in [7, 11) is 1.22. The minimum Gasteiger partial charge on any atom is -0.463 e. The Labute approximate surface area is 121 Å². The average Bonchev–Trinajstić information content (AvgIpc) is 2.50. The SMILES string of the molecule is CCCCCCCCc1ccc(C(=O)C(=O)OC)cc1. The molecule has 0 unspecified atom stereocenters. The molecule has 0 aliphatic rings. The van der Waals surface area contributed by atoms with E-state index in [2.05, 4.69) is 11.7 Å². The maximum Gasteiger partial charge on any atom is 0.379 e. The summed E-state index contributed by atoms with van der Waals surface area (Å²) in [5.74, 6) is -1.40. The zero-order valence-corrected chi connectivity index (χ0v) is 12.5. The van der Waals surface area contributed by atoms with E-state index in [4.69, 9.17) is 0 Å². The number of rotatable bonds is 9. The quantitative estimate of drug-likeness (QED) is 0.297. The summed E-state index contributed by atoms with van der Waals surface area (Å²) in [5.41, 5.74) is 1.60. The van der Waals surface area contributed by atoms with E-state index in [1.165, 1.54) is 51.2 Å². The topological polar surface area (TPSA) is 43.4 Å². The maximum absolute atomic E-state index is 11.6. The van der Waals surface area contributed by atoms with Crippen molar-refractivity contribution in [2.75, 3.05) is 7.11 Å². The summed E-state index contributed by atoms with van der Waals surface area (Å²) in [5, 5.41) is 0. The minimum atomic E-state index is -0.811. The van der Waals surface area contributed by atoms with Crippen LogP contribution >= 0.6 is 0 Å². The second-order valence-corrected chi connectivity index (χ2v) is 5.04. The zero-order chi connectivity index (χ0) is 14.8. The number of methoxy groups -OCH3 is 1. The molecule has 0 fully saturated rings. The van der Waals surface area contributed by atoms with Crippen LogP contribution in [0.25, 0.3) is 0 Å². The van der Waals surface area contributed by atoms with E-state index in [0.717, 1.165) is 6.42 Å². The molecule has 0 radical (unpaired) electrons. The first-order valence-corrected chi connectivity index (χ1v) is 7.40. The Morgan fingerprint density at radius 1 is 0.950 bits per heavy atom. The van der Waals surface area contributed by atoms with Gasteiger partial charge in [0.1, 0.15) is 0 Å². The molecule has 0 saturated heterocycles. The Balaban J connectivity index is 2.35. The smallest absolute Gasteiger partial charge is 0.379 e. The summed E-state index contributed by atoms with van der Waals surface area (Å²) in [6.07, 6.45) is 8.67. The van der Waals surface area contributed by atoms with Gasteiger partial charge in [-0.2, -0.15) is 0 Å². The molecule has 0 atom stereocenters. The van der Waals surface area contributed by atoms with Gasteiger partial charge in [-0.25, -0.2) is 4.79 Å². The molecule has 0 aliphatic carbocycles. The van der Waals surface area contributed by atoms with Crippen molar-refractivity contribution in [3.05, 3.63) is 35.4 Å². The van der Waals surface area contributed by atoms with Crippen molar-refractivity contribution in [1.29, 1.82) is 0 Å². The number of hydrogen-bond donors (Lipinski definition) is 0. The molecule has 110 valence electrons. The van der Waals surface area contributed by atoms with Crippen LogP contribution in [0.4, 0.5) is 0 Å². The average molecular weight is 276 g/mol. The number of hydrogen-bond acceptors (Lipinski definition) is 3. The highest BCUT2D eigenvalue weighted by atomic mass is 16.5. The Morgan fingerprint density at radius 2 is 1.55 bits per heavy atom. The third kappa shape index (κ3) is 5.55. The number of ketones is 1. The van der Waals surface area contributed by atoms with Crippen molar-refractivity contribution in [1.82, 2.24) is 0 Å². The number of carbonyl (C=O) groups excluding carboxylic acids is 2. The zero-order valence-electron chi connectivity index (χ0n) is 12.5. The van der Waals surface area contributed by atoms with Gasteiger partial charge < -0.3 is 4.74 Å². The lowest BCUT2D eigenvalue weighted by Gasteiger charge is -2.03. The van der Waals surface area contributed by atoms with Crippen LogP contribution in [0.5, 0.6) is 0 Å². The van der Waals surface area contributed by atoms with Gasteiger partial charge in [0.2, 0.25) is 0 Å². The number of unbranched alkanes of at least 4 members (excludes halogenated alkanes) is 5. The second kappa shape index (κ2) is 9.29. The van der Waals surface area contributed by atoms with E-state index in [9.17, 15) is 9.59 Å². The summed E-state index contributed by atoms with van der Waals surface area (Å²) in [6, 6.07) is 7.24. The molecule has 20 heavy (non-hydrogen) atoms. The van der Waals surface area contributed by atoms with Crippen LogP contribution in [-0.4, -0.2) is 18.9 Å². The van der Waals surface area contributed by atoms with Crippen LogP contribution in [0.1, 0.15) is 61.4 Å². The van der Waals surface area contributed by atoms with Crippen molar-refractivity contribution in [3.63, 3.8) is 0 Å². The largest absolute Gasteiger partial charge is 0.463 e. The summed E-state index contributed by atoms with van der Waals surface area (Å²) in [4.78, 5) is 22.7. The summed E-state index contributed by atoms with van der Waals surface area (Å²) in [6.45, 7) is 2.22. The van der Waals surface area contributed by atoms with Gasteiger partial charge >= 0.3 is 5.97 Å². The lowest BCUT2D eigenvalue weighted by molar-refractivity contribution is -0.135. The molecule has 0 spiro atoms. The van der Waals surface area contributed by atoms with Crippen LogP contribution in [-0.2, 0) is 16.0 Å². The predicted octanol–water partition coefficient (Wildman–Crippen LogP) is 3.95. The summed E-state index contributed by atoms with van der Waals surface area (Å²) < 4.78 is 4.42. The molecule has 1 rings (SSSR count). The highest BCUT2D eigenvalue weighted by Gasteiger charge is 2.15. The number of benzene rings is 1. The lowest BCUT2D eigenvalue weighted by Crippen LogP contribution is -2.15. The highest BCUT2D eigenvalue weighted by Crippen LogP contribution is 2.11. The summed E-state index contributed by atoms with van der Waals surface area (Å²) >= 11 is 0. The van der Waals surface area contributed by atoms with Crippen molar-refractivity contribution >= 4 is 11.8 Å². The highest BCUT2D eigenvalue weighted by molar-refractivity contribution is 6.40. The van der Waals surface area contributed by atoms with Crippen LogP contribution in [0.15, 0.2) is 24.3 Å². The van der Waals surface area contributed by atoms with Crippen LogP contribution in [0.2, 0.25) is 0 Å². The molecule has 0 N–H and O–H groups in total. The molecular weight excluding hydrogens is 252 g/mol. The van der Waals surface area contributed by atoms with Gasteiger partial charge in [0, 0.05) is 5.56 Å². The Bertz CT molecular complexity index is 420. The van der Waals surface area contributed by atoms with E-state index in [0.29, 0.717) is 5.56 Å². The van der Waals surface area contributed by atoms with Crippen molar-refractivity contribution in [3.8, 4) is 0 Å². The van der Waals surface area contributed by atoms with Crippen molar-refractivity contribution in [2.24, 2.45) is 0 Å². The van der Waals surface area contributed by atoms with E-state index >= 15 is 0 Å². The van der Waals surface area contributed by atoms with Crippen LogP contribution in [0, 0.1) is 0 Å². The number of carbonyl (C=O) groups is 2. The molecule has 0 heterocycles. The molecule has 1 aromatic rings. The van der Waals surface area contributed by atoms with E-state index < -0.39 is 11.8 Å². The fraction of sp³-hybridized carbons (Fsp3) is 0.529. The third-order valence-electron chi connectivity index (χ3n) is 3.41. The van der Waals surface area contributed by atoms with Gasteiger partial charge in [-0.05, 0) is 18.4 Å². The Kier molecular flexibility index (Phi) is 7.63. The van der Waals surface area contributed by atoms with Crippen LogP contribution < -0.4 is 0 Å². The van der Waals surface area contributed by atoms with E-state index in [-0.39, 0.29) is 0 Å². The lowest BCUT2D eigenvalue weighted by atomic mass is 10.0. The van der Waals surface area contributed by atoms with Gasteiger partial charge in [-0.3, -0.25) is 4.79 Å². The standard InChI is InChI=1S/C17H24O3/c1-3-4-5-6-7-8-9-14-10-12-15(13-11-14)16(18)17(19)20-2/h10-13H,3-9H2,1-2H3. The number of Topliss-reactive ketones (excluding diaryl/α,β-unsaturated/α-hetero) is 1. The van der Waals surface area contributed by atoms with Crippen molar-refractivity contribution in [2.45, 2.75) is 51.9 Å². The Morgan fingerprint density at radius 3 is 2.15 bits per heavy atom. The van der Waals surface area contributed by atoms with Gasteiger partial charge in [0.25, 0.3) is 5.78 Å². The molecule has 3 heteroatoms. The monoisotopic (exact) mass is 276 g/mol. The van der Waals surface area contributed by atoms with Gasteiger partial charge in [-0.1, -0.05) is 63.3 Å². The van der Waals surface area contributed by atoms with E-state index in [1.54, 1.807) is 12.1 Å². The normalized spacial score (nSPS) is 10.3. The van der Waals surface area contributed by atoms with Gasteiger partial charge in [0.05, 0.1) is 7.11 Å². The Hall–Kier alpha value is -1.64. The molecule has 0 bridgehead atoms. The van der Waals surface area contributed by atoms with Gasteiger partial charge in [0.15, 0.2) is 0 Å². The molecule has 0 amide bonds. The fourth-order valence-corrected chi connectivity index (χ4v) is 2.14. The first kappa shape index (κ1) is 16.4. The maximum atomic E-state index is 11.6. The van der Waals surface area contributed by atoms with Crippen molar-refractivity contribution < 1.29 is 14.3 Å². The number of aryl methyl sites for hydroxylation is 1. The molecule has 1 aromatic carbocycles. The molecule has 0 saturated carbocycles. The molecule has 0 aliphatic heterocycles. The second-order valence-electron chi connectivity index (χ2n) is 5.04. The molecule has 3 nitrogen and oxygen atoms in total. The number of ether oxygens (including phenoxy) is 1. The third-order valence-corrected chi connectivity index (χ3v) is 3.41. The molecule has 0 aromatic heterocycles. The van der Waals surface area contributed by atoms with E-state index in [1.807, 2.05) is 12.1 Å². The number of esters is 1. The molecular formula is C17H24O3. The first-order valence-electron chi connectivity index (χ1n) is 7.40. The van der Waals surface area contributed by atoms with Crippen LogP contribution in [0.3, 0.4) is 0 Å². The predicted molar refractivity (Wildman–Crippen MR) is 79.9 cm³/mol. The minimum absolute atomic E-state index is 0.392. The van der Waals surface area contributed by atoms with Gasteiger partial charge in [-0.15, -0.1) is 0 Å².